The lowest BCUT2D eigenvalue weighted by Crippen LogP contribution is -2.21. The molecular formula is C14H15ClN4. The van der Waals surface area contributed by atoms with Crippen LogP contribution in [-0.2, 0) is 7.05 Å². The number of allylic oxidation sites excluding steroid dienone is 4. The zero-order chi connectivity index (χ0) is 13.4. The van der Waals surface area contributed by atoms with Gasteiger partial charge in [0.1, 0.15) is 11.7 Å². The van der Waals surface area contributed by atoms with Gasteiger partial charge in [-0.15, -0.1) is 0 Å². The van der Waals surface area contributed by atoms with Crippen LogP contribution in [0.15, 0.2) is 46.6 Å². The first kappa shape index (κ1) is 12.2. The molecule has 1 aromatic heterocycles. The first-order valence-electron chi connectivity index (χ1n) is 6.20. The molecule has 0 saturated carbocycles. The highest BCUT2D eigenvalue weighted by Crippen LogP contribution is 2.33. The van der Waals surface area contributed by atoms with Gasteiger partial charge >= 0.3 is 0 Å². The van der Waals surface area contributed by atoms with E-state index in [4.69, 9.17) is 11.6 Å². The van der Waals surface area contributed by atoms with E-state index in [1.165, 1.54) is 5.57 Å². The van der Waals surface area contributed by atoms with E-state index in [2.05, 4.69) is 34.5 Å². The van der Waals surface area contributed by atoms with E-state index < -0.39 is 0 Å². The number of halogens is 1. The number of amidine groups is 1. The summed E-state index contributed by atoms with van der Waals surface area (Å²) in [5.41, 5.74) is 2.92. The number of hydrogen-bond donors (Lipinski definition) is 1. The van der Waals surface area contributed by atoms with Crippen LogP contribution < -0.4 is 5.32 Å². The highest BCUT2D eigenvalue weighted by atomic mass is 35.5. The van der Waals surface area contributed by atoms with E-state index in [-0.39, 0.29) is 5.50 Å². The average molecular weight is 275 g/mol. The van der Waals surface area contributed by atoms with Crippen molar-refractivity contribution in [3.05, 3.63) is 47.2 Å². The highest BCUT2D eigenvalue weighted by molar-refractivity contribution is 6.24. The van der Waals surface area contributed by atoms with Crippen LogP contribution in [0.3, 0.4) is 0 Å². The molecule has 19 heavy (non-hydrogen) atoms. The Bertz CT molecular complexity index is 634. The summed E-state index contributed by atoms with van der Waals surface area (Å²) in [6.45, 7) is 2.11. The predicted octanol–water partition coefficient (Wildman–Crippen LogP) is 3.31. The lowest BCUT2D eigenvalue weighted by atomic mass is 10.1. The van der Waals surface area contributed by atoms with Gasteiger partial charge in [0.05, 0.1) is 11.8 Å². The molecule has 1 atom stereocenters. The van der Waals surface area contributed by atoms with Crippen LogP contribution >= 0.6 is 11.6 Å². The molecule has 1 N–H and O–H groups in total. The number of aliphatic imine (C=N–C) groups is 1. The van der Waals surface area contributed by atoms with Crippen LogP contribution in [0.2, 0.25) is 0 Å². The fourth-order valence-corrected chi connectivity index (χ4v) is 2.41. The SMILES string of the molecule is CC1=CC=CC(C2=NC(Cl)c3cnn(C)c3N2)=CC1. The number of aryl methyl sites for hydroxylation is 1. The fraction of sp³-hybridized carbons (Fsp3) is 0.286. The Hall–Kier alpha value is -1.81. The number of anilines is 1. The van der Waals surface area contributed by atoms with Crippen LogP contribution in [0.1, 0.15) is 24.4 Å². The maximum Gasteiger partial charge on any atom is 0.156 e. The number of nitrogens with zero attached hydrogens (tertiary/aromatic N) is 3. The van der Waals surface area contributed by atoms with Crippen molar-refractivity contribution < 1.29 is 0 Å². The van der Waals surface area contributed by atoms with Crippen molar-refractivity contribution >= 4 is 23.3 Å². The molecule has 3 rings (SSSR count). The lowest BCUT2D eigenvalue weighted by molar-refractivity contribution is 0.775. The van der Waals surface area contributed by atoms with Gasteiger partial charge in [0, 0.05) is 12.6 Å². The molecule has 0 bridgehead atoms. The van der Waals surface area contributed by atoms with E-state index in [0.717, 1.165) is 29.2 Å². The summed E-state index contributed by atoms with van der Waals surface area (Å²) in [5, 5.41) is 7.52. The molecule has 1 aliphatic carbocycles. The van der Waals surface area contributed by atoms with E-state index in [1.54, 1.807) is 10.9 Å². The first-order chi connectivity index (χ1) is 9.15. The van der Waals surface area contributed by atoms with Crippen LogP contribution in [0.4, 0.5) is 5.82 Å². The van der Waals surface area contributed by atoms with E-state index in [0.29, 0.717) is 0 Å². The molecule has 5 heteroatoms. The zero-order valence-corrected chi connectivity index (χ0v) is 11.6. The largest absolute Gasteiger partial charge is 0.325 e. The number of hydrogen-bond acceptors (Lipinski definition) is 3. The van der Waals surface area contributed by atoms with Gasteiger partial charge in [-0.25, -0.2) is 4.99 Å². The van der Waals surface area contributed by atoms with Gasteiger partial charge in [-0.2, -0.15) is 5.10 Å². The van der Waals surface area contributed by atoms with Crippen molar-refractivity contribution in [2.24, 2.45) is 12.0 Å². The molecule has 98 valence electrons. The van der Waals surface area contributed by atoms with Gasteiger partial charge < -0.3 is 5.32 Å². The van der Waals surface area contributed by atoms with Gasteiger partial charge in [0.25, 0.3) is 0 Å². The minimum Gasteiger partial charge on any atom is -0.325 e. The summed E-state index contributed by atoms with van der Waals surface area (Å²) >= 11 is 6.30. The van der Waals surface area contributed by atoms with Crippen molar-refractivity contribution in [2.75, 3.05) is 5.32 Å². The molecule has 1 aromatic rings. The minimum atomic E-state index is -0.383. The third-order valence-electron chi connectivity index (χ3n) is 3.28. The predicted molar refractivity (Wildman–Crippen MR) is 78.5 cm³/mol. The third-order valence-corrected chi connectivity index (χ3v) is 3.61. The van der Waals surface area contributed by atoms with E-state index in [9.17, 15) is 0 Å². The first-order valence-corrected chi connectivity index (χ1v) is 6.64. The summed E-state index contributed by atoms with van der Waals surface area (Å²) < 4.78 is 1.78. The van der Waals surface area contributed by atoms with E-state index >= 15 is 0 Å². The quantitative estimate of drug-likeness (QED) is 0.631. The van der Waals surface area contributed by atoms with E-state index in [1.807, 2.05) is 19.2 Å². The maximum atomic E-state index is 6.30. The zero-order valence-electron chi connectivity index (χ0n) is 10.9. The van der Waals surface area contributed by atoms with Crippen molar-refractivity contribution in [2.45, 2.75) is 18.8 Å². The van der Waals surface area contributed by atoms with Gasteiger partial charge in [0.15, 0.2) is 5.50 Å². The normalized spacial score (nSPS) is 21.8. The van der Waals surface area contributed by atoms with Gasteiger partial charge in [-0.3, -0.25) is 4.68 Å². The van der Waals surface area contributed by atoms with Crippen LogP contribution in [0.25, 0.3) is 0 Å². The Morgan fingerprint density at radius 2 is 2.32 bits per heavy atom. The molecule has 0 amide bonds. The molecule has 0 radical (unpaired) electrons. The second-order valence-electron chi connectivity index (χ2n) is 4.75. The Balaban J connectivity index is 1.94. The number of nitrogens with one attached hydrogen (secondary N) is 1. The summed E-state index contributed by atoms with van der Waals surface area (Å²) in [6, 6.07) is 0. The molecule has 0 aromatic carbocycles. The number of rotatable bonds is 1. The Labute approximate surface area is 117 Å². The van der Waals surface area contributed by atoms with Crippen LogP contribution in [0.5, 0.6) is 0 Å². The van der Waals surface area contributed by atoms with Gasteiger partial charge in [-0.1, -0.05) is 41.5 Å². The van der Waals surface area contributed by atoms with Crippen molar-refractivity contribution in [1.82, 2.24) is 9.78 Å². The van der Waals surface area contributed by atoms with Crippen LogP contribution in [0, 0.1) is 0 Å². The minimum absolute atomic E-state index is 0.383. The number of fused-ring (bicyclic) bond motifs is 1. The number of aromatic nitrogens is 2. The van der Waals surface area contributed by atoms with Gasteiger partial charge in [-0.05, 0) is 13.3 Å². The van der Waals surface area contributed by atoms with Crippen molar-refractivity contribution in [3.8, 4) is 0 Å². The Kier molecular flexibility index (Phi) is 3.03. The smallest absolute Gasteiger partial charge is 0.156 e. The molecular weight excluding hydrogens is 260 g/mol. The summed E-state index contributed by atoms with van der Waals surface area (Å²) in [4.78, 5) is 4.50. The Morgan fingerprint density at radius 3 is 3.16 bits per heavy atom. The topological polar surface area (TPSA) is 42.2 Å². The molecule has 0 saturated heterocycles. The standard InChI is InChI=1S/C14H15ClN4/c1-9-4-3-5-10(7-6-9)13-17-12(15)11-8-16-19(2)14(11)18-13/h3-5,7-8,12H,6H2,1-2H3,(H,17,18). The average Bonchev–Trinajstić information content (AvgIpc) is 2.62. The summed E-state index contributed by atoms with van der Waals surface area (Å²) in [6.07, 6.45) is 11.0. The summed E-state index contributed by atoms with van der Waals surface area (Å²) in [7, 11) is 1.89. The number of alkyl halides is 1. The van der Waals surface area contributed by atoms with Crippen molar-refractivity contribution in [1.29, 1.82) is 0 Å². The molecule has 0 fully saturated rings. The fourth-order valence-electron chi connectivity index (χ4n) is 2.15. The van der Waals surface area contributed by atoms with Crippen molar-refractivity contribution in [3.63, 3.8) is 0 Å². The lowest BCUT2D eigenvalue weighted by Gasteiger charge is -2.20. The monoisotopic (exact) mass is 274 g/mol. The molecule has 1 unspecified atom stereocenters. The maximum absolute atomic E-state index is 6.30. The molecule has 1 aliphatic heterocycles. The summed E-state index contributed by atoms with van der Waals surface area (Å²) in [5.74, 6) is 1.71. The van der Waals surface area contributed by atoms with Gasteiger partial charge in [0.2, 0.25) is 0 Å². The molecule has 0 spiro atoms. The second kappa shape index (κ2) is 4.70. The highest BCUT2D eigenvalue weighted by Gasteiger charge is 2.24. The molecule has 2 heterocycles. The molecule has 4 nitrogen and oxygen atoms in total. The Morgan fingerprint density at radius 1 is 1.47 bits per heavy atom. The van der Waals surface area contributed by atoms with Crippen LogP contribution in [-0.4, -0.2) is 15.6 Å². The molecule has 2 aliphatic rings. The second-order valence-corrected chi connectivity index (χ2v) is 5.16. The third kappa shape index (κ3) is 2.24.